The molecule has 0 bridgehead atoms. The van der Waals surface area contributed by atoms with Gasteiger partial charge in [-0.1, -0.05) is 22.2 Å². The maximum atomic E-state index is 12.1. The van der Waals surface area contributed by atoms with Gasteiger partial charge in [-0.2, -0.15) is 0 Å². The number of aryl methyl sites for hydroxylation is 3. The molecule has 0 atom stereocenters. The van der Waals surface area contributed by atoms with Crippen molar-refractivity contribution >= 4 is 5.91 Å². The number of hydrogen-bond acceptors (Lipinski definition) is 8. The minimum Gasteiger partial charge on any atom is -0.385 e. The molecule has 0 unspecified atom stereocenters. The monoisotopic (exact) mass is 684 g/mol. The van der Waals surface area contributed by atoms with Gasteiger partial charge in [-0.05, 0) is 104 Å². The quantitative estimate of drug-likeness (QED) is 0.144. The van der Waals surface area contributed by atoms with Crippen molar-refractivity contribution in [3.8, 4) is 5.69 Å². The summed E-state index contributed by atoms with van der Waals surface area (Å²) in [6, 6.07) is 7.90. The van der Waals surface area contributed by atoms with E-state index in [0.717, 1.165) is 28.5 Å². The van der Waals surface area contributed by atoms with Crippen LogP contribution in [0.1, 0.15) is 94.3 Å². The van der Waals surface area contributed by atoms with Crippen LogP contribution < -0.4 is 10.6 Å². The summed E-state index contributed by atoms with van der Waals surface area (Å²) in [5, 5.41) is 29.8. The van der Waals surface area contributed by atoms with Crippen LogP contribution in [0.3, 0.4) is 0 Å². The maximum absolute atomic E-state index is 12.1. The molecule has 15 heteroatoms. The van der Waals surface area contributed by atoms with Crippen molar-refractivity contribution < 1.29 is 18.0 Å². The molecule has 0 spiro atoms. The van der Waals surface area contributed by atoms with E-state index in [-0.39, 0.29) is 32.0 Å². The fourth-order valence-corrected chi connectivity index (χ4v) is 4.25. The summed E-state index contributed by atoms with van der Waals surface area (Å²) in [6.07, 6.45) is 8.88. The van der Waals surface area contributed by atoms with Crippen molar-refractivity contribution in [3.05, 3.63) is 77.8 Å². The van der Waals surface area contributed by atoms with Crippen LogP contribution in [-0.2, 0) is 25.8 Å². The summed E-state index contributed by atoms with van der Waals surface area (Å²) in [7, 11) is 0. The third kappa shape index (κ3) is 15.9. The fraction of sp³-hybridized carbons (Fsp3) is 0.559. The molecule has 0 fully saturated rings. The zero-order valence-electron chi connectivity index (χ0n) is 29.6. The van der Waals surface area contributed by atoms with Gasteiger partial charge in [-0.3, -0.25) is 18.0 Å². The fourth-order valence-electron chi connectivity index (χ4n) is 4.25. The van der Waals surface area contributed by atoms with Crippen molar-refractivity contribution in [3.63, 3.8) is 0 Å². The Kier molecular flexibility index (Phi) is 18.4. The van der Waals surface area contributed by atoms with Crippen LogP contribution >= 0.6 is 0 Å². The number of aromatic nitrogens is 9. The Morgan fingerprint density at radius 1 is 0.714 bits per heavy atom. The van der Waals surface area contributed by atoms with Gasteiger partial charge in [0.05, 0.1) is 55.5 Å². The number of carbonyl (C=O) groups is 1. The molecule has 3 heterocycles. The Balaban J connectivity index is 0.000000266. The van der Waals surface area contributed by atoms with Crippen LogP contribution in [0.5, 0.6) is 0 Å². The lowest BCUT2D eigenvalue weighted by atomic mass is 10.2. The van der Waals surface area contributed by atoms with Crippen molar-refractivity contribution in [2.75, 3.05) is 20.0 Å². The number of nitrogens with zero attached hydrogens (tertiary/aromatic N) is 9. The third-order valence-corrected chi connectivity index (χ3v) is 6.57. The molecule has 1 aromatic carbocycles. The molecule has 0 aliphatic heterocycles. The molecule has 270 valence electrons. The van der Waals surface area contributed by atoms with Gasteiger partial charge in [-0.15, -0.1) is 15.3 Å². The molecule has 1 amide bonds. The predicted molar refractivity (Wildman–Crippen MR) is 185 cm³/mol. The largest absolute Gasteiger partial charge is 0.385 e. The molecule has 0 saturated carbocycles. The third-order valence-electron chi connectivity index (χ3n) is 6.57. The minimum absolute atomic E-state index is 0.0984. The van der Waals surface area contributed by atoms with Gasteiger partial charge in [0.1, 0.15) is 0 Å². The normalized spacial score (nSPS) is 10.9. The van der Waals surface area contributed by atoms with E-state index >= 15 is 0 Å². The number of allylic oxidation sites excluding steroid dienone is 1. The van der Waals surface area contributed by atoms with Crippen molar-refractivity contribution in [2.45, 2.75) is 105 Å². The summed E-state index contributed by atoms with van der Waals surface area (Å²) in [6.45, 7) is 15.6. The number of benzene rings is 1. The molecule has 4 rings (SSSR count). The van der Waals surface area contributed by atoms with Crippen LogP contribution in [0.25, 0.3) is 5.69 Å². The molecule has 0 radical (unpaired) electrons. The second-order valence-corrected chi connectivity index (χ2v) is 12.3. The van der Waals surface area contributed by atoms with E-state index in [2.05, 4.69) is 62.0 Å². The number of nitrogens with one attached hydrogen (secondary N) is 2. The van der Waals surface area contributed by atoms with Crippen molar-refractivity contribution in [2.24, 2.45) is 0 Å². The van der Waals surface area contributed by atoms with Crippen LogP contribution in [0, 0.1) is 0 Å². The number of hydrogen-bond donors (Lipinski definition) is 2. The Bertz CT molecular complexity index is 1500. The highest BCUT2D eigenvalue weighted by atomic mass is 18.2. The first-order valence-electron chi connectivity index (χ1n) is 16.7. The number of carbonyl (C=O) groups excluding carboxylic acids is 1. The predicted octanol–water partition coefficient (Wildman–Crippen LogP) is 5.76. The minimum atomic E-state index is -0.355. The lowest BCUT2D eigenvalue weighted by Gasteiger charge is -2.11. The average Bonchev–Trinajstić information content (AvgIpc) is 3.84. The number of halogens is 3. The molecular weight excluding hydrogens is 632 g/mol. The summed E-state index contributed by atoms with van der Waals surface area (Å²) >= 11 is 0. The first-order valence-corrected chi connectivity index (χ1v) is 16.7. The SMILES string of the molecule is C=C(Cn1cc(CCC[18F])nn1)NC(C)C.CC(C)NC(=O)c1ccc(-n2cc(CCC[18F])nn2)cc1.CC(C)n1cc(CCC[18F])nn1. The zero-order chi connectivity index (χ0) is 36.2. The lowest BCUT2D eigenvalue weighted by molar-refractivity contribution is 0.0943. The van der Waals surface area contributed by atoms with E-state index < -0.39 is 0 Å². The second-order valence-electron chi connectivity index (χ2n) is 12.3. The molecule has 2 N–H and O–H groups in total. The van der Waals surface area contributed by atoms with Gasteiger partial charge in [0.25, 0.3) is 5.91 Å². The number of alkyl halides is 3. The van der Waals surface area contributed by atoms with Crippen molar-refractivity contribution in [1.82, 2.24) is 55.6 Å². The van der Waals surface area contributed by atoms with Crippen LogP contribution in [0.4, 0.5) is 13.2 Å². The highest BCUT2D eigenvalue weighted by molar-refractivity contribution is 5.94. The first kappa shape index (κ1) is 40.6. The first-order chi connectivity index (χ1) is 23.4. The highest BCUT2D eigenvalue weighted by Crippen LogP contribution is 2.10. The van der Waals surface area contributed by atoms with Crippen LogP contribution in [0.2, 0.25) is 0 Å². The van der Waals surface area contributed by atoms with E-state index in [9.17, 15) is 18.0 Å². The highest BCUT2D eigenvalue weighted by Gasteiger charge is 2.08. The molecule has 49 heavy (non-hydrogen) atoms. The summed E-state index contributed by atoms with van der Waals surface area (Å²) < 4.78 is 41.0. The van der Waals surface area contributed by atoms with Gasteiger partial charge in [0.2, 0.25) is 0 Å². The van der Waals surface area contributed by atoms with Crippen LogP contribution in [-0.4, -0.2) is 83.0 Å². The summed E-state index contributed by atoms with van der Waals surface area (Å²) in [5.41, 5.74) is 4.78. The smallest absolute Gasteiger partial charge is 0.251 e. The molecule has 3 aromatic heterocycles. The second kappa shape index (κ2) is 22.1. The Morgan fingerprint density at radius 2 is 1.22 bits per heavy atom. The van der Waals surface area contributed by atoms with Gasteiger partial charge in [0.15, 0.2) is 0 Å². The van der Waals surface area contributed by atoms with E-state index in [1.54, 1.807) is 32.4 Å². The number of amides is 1. The average molecular weight is 685 g/mol. The van der Waals surface area contributed by atoms with E-state index in [1.165, 1.54) is 0 Å². The topological polar surface area (TPSA) is 133 Å². The zero-order valence-corrected chi connectivity index (χ0v) is 29.6. The Labute approximate surface area is 287 Å². The summed E-state index contributed by atoms with van der Waals surface area (Å²) in [5.74, 6) is -0.0984. The van der Waals surface area contributed by atoms with Crippen LogP contribution in [0.15, 0.2) is 55.1 Å². The molecule has 0 saturated heterocycles. The van der Waals surface area contributed by atoms with E-state index in [1.807, 2.05) is 52.2 Å². The number of rotatable bonds is 17. The van der Waals surface area contributed by atoms with Crippen molar-refractivity contribution in [1.29, 1.82) is 0 Å². The maximum Gasteiger partial charge on any atom is 0.251 e. The molecular formula is C34H52F3N11O. The standard InChI is InChI=1S/C15H19FN4O.C11H19FN4.C8H14FN3/c1-11(2)17-15(21)12-5-7-14(8-6-12)20-10-13(18-19-20)4-3-9-16;1-9(2)13-10(3)7-16-8-11(14-15-16)5-4-6-12;1-7(2)12-6-8(10-11-12)4-3-5-9/h5-8,10-11H,3-4,9H2,1-2H3,(H,17,21);8-9,13H,3-7H2,1-2H3;6-7H,3-5H2,1-2H3/i16-1;12-1;9-1. The molecule has 0 aliphatic carbocycles. The van der Waals surface area contributed by atoms with Gasteiger partial charge in [0, 0.05) is 41.8 Å². The Morgan fingerprint density at radius 3 is 1.73 bits per heavy atom. The summed E-state index contributed by atoms with van der Waals surface area (Å²) in [4.78, 5) is 11.8. The lowest BCUT2D eigenvalue weighted by Crippen LogP contribution is -2.29. The molecule has 12 nitrogen and oxygen atoms in total. The van der Waals surface area contributed by atoms with Gasteiger partial charge in [-0.25, -0.2) is 14.0 Å². The van der Waals surface area contributed by atoms with Gasteiger partial charge >= 0.3 is 0 Å². The van der Waals surface area contributed by atoms with Gasteiger partial charge < -0.3 is 10.6 Å². The molecule has 0 aliphatic rings. The van der Waals surface area contributed by atoms with E-state index in [0.29, 0.717) is 62.7 Å². The molecule has 4 aromatic rings. The Hall–Kier alpha value is -4.56. The van der Waals surface area contributed by atoms with E-state index in [4.69, 9.17) is 0 Å².